The van der Waals surface area contributed by atoms with E-state index in [2.05, 4.69) is 25.4 Å². The molecule has 68 valence electrons. The maximum Gasteiger partial charge on any atom is 0.00449 e. The fourth-order valence-electron chi connectivity index (χ4n) is 2.19. The summed E-state index contributed by atoms with van der Waals surface area (Å²) < 4.78 is 0. The highest BCUT2D eigenvalue weighted by Gasteiger charge is 2.34. The fraction of sp³-hybridized carbons (Fsp3) is 0.636. The maximum absolute atomic E-state index is 3.81. The molecule has 0 aromatic carbocycles. The molecule has 0 saturated carbocycles. The number of nitrogens with one attached hydrogen (secondary N) is 1. The van der Waals surface area contributed by atoms with Gasteiger partial charge in [-0.15, -0.1) is 13.2 Å². The molecule has 12 heavy (non-hydrogen) atoms. The third kappa shape index (κ3) is 1.98. The van der Waals surface area contributed by atoms with Gasteiger partial charge in [0.25, 0.3) is 0 Å². The van der Waals surface area contributed by atoms with Crippen molar-refractivity contribution in [3.05, 3.63) is 25.3 Å². The predicted molar refractivity (Wildman–Crippen MR) is 54.1 cm³/mol. The Balaban J connectivity index is 2.59. The van der Waals surface area contributed by atoms with Crippen molar-refractivity contribution < 1.29 is 0 Å². The highest BCUT2D eigenvalue weighted by atomic mass is 15.0. The van der Waals surface area contributed by atoms with Gasteiger partial charge >= 0.3 is 0 Å². The molecule has 1 aliphatic heterocycles. The maximum atomic E-state index is 3.81. The smallest absolute Gasteiger partial charge is 0.00449 e. The van der Waals surface area contributed by atoms with Gasteiger partial charge in [-0.25, -0.2) is 0 Å². The molecule has 1 aliphatic rings. The lowest BCUT2D eigenvalue weighted by Gasteiger charge is -2.25. The van der Waals surface area contributed by atoms with E-state index < -0.39 is 0 Å². The zero-order valence-corrected chi connectivity index (χ0v) is 7.97. The van der Waals surface area contributed by atoms with E-state index in [1.165, 1.54) is 6.42 Å². The van der Waals surface area contributed by atoms with Gasteiger partial charge in [0, 0.05) is 12.6 Å². The molecule has 0 bridgehead atoms. The van der Waals surface area contributed by atoms with E-state index in [9.17, 15) is 0 Å². The van der Waals surface area contributed by atoms with Crippen LogP contribution in [-0.4, -0.2) is 12.6 Å². The van der Waals surface area contributed by atoms with Crippen molar-refractivity contribution in [2.24, 2.45) is 5.41 Å². The van der Waals surface area contributed by atoms with Crippen LogP contribution in [0.2, 0.25) is 0 Å². The molecule has 1 saturated heterocycles. The first-order chi connectivity index (χ1) is 5.72. The summed E-state index contributed by atoms with van der Waals surface area (Å²) in [6.07, 6.45) is 7.53. The van der Waals surface area contributed by atoms with Gasteiger partial charge in [-0.1, -0.05) is 12.2 Å². The number of allylic oxidation sites excluding steroid dienone is 2. The zero-order chi connectivity index (χ0) is 9.03. The van der Waals surface area contributed by atoms with Crippen molar-refractivity contribution in [3.8, 4) is 0 Å². The molecular formula is C11H19N. The highest BCUT2D eigenvalue weighted by Crippen LogP contribution is 2.36. The quantitative estimate of drug-likeness (QED) is 0.631. The normalized spacial score (nSPS) is 26.9. The lowest BCUT2D eigenvalue weighted by Crippen LogP contribution is -2.22. The van der Waals surface area contributed by atoms with Crippen molar-refractivity contribution in [1.82, 2.24) is 5.32 Å². The summed E-state index contributed by atoms with van der Waals surface area (Å²) in [5.74, 6) is 0. The molecule has 1 nitrogen and oxygen atoms in total. The third-order valence-electron chi connectivity index (χ3n) is 2.72. The molecule has 0 aromatic rings. The van der Waals surface area contributed by atoms with Crippen LogP contribution >= 0.6 is 0 Å². The average Bonchev–Trinajstić information content (AvgIpc) is 2.34. The summed E-state index contributed by atoms with van der Waals surface area (Å²) in [4.78, 5) is 0. The van der Waals surface area contributed by atoms with E-state index in [-0.39, 0.29) is 0 Å². The molecule has 1 heteroatoms. The Morgan fingerprint density at radius 3 is 2.33 bits per heavy atom. The van der Waals surface area contributed by atoms with Crippen LogP contribution in [0.25, 0.3) is 0 Å². The highest BCUT2D eigenvalue weighted by molar-refractivity contribution is 4.99. The van der Waals surface area contributed by atoms with Gasteiger partial charge in [0.2, 0.25) is 0 Å². The summed E-state index contributed by atoms with van der Waals surface area (Å²) in [6.45, 7) is 11.0. The van der Waals surface area contributed by atoms with Gasteiger partial charge in [0.05, 0.1) is 0 Å². The topological polar surface area (TPSA) is 12.0 Å². The number of hydrogen-bond donors (Lipinski definition) is 1. The van der Waals surface area contributed by atoms with Gasteiger partial charge in [0.15, 0.2) is 0 Å². The molecule has 1 N–H and O–H groups in total. The minimum atomic E-state index is 0.420. The second-order valence-corrected chi connectivity index (χ2v) is 3.97. The molecule has 0 amide bonds. The van der Waals surface area contributed by atoms with E-state index in [0.717, 1.165) is 19.4 Å². The molecule has 1 heterocycles. The first-order valence-electron chi connectivity index (χ1n) is 4.68. The first kappa shape index (κ1) is 9.53. The van der Waals surface area contributed by atoms with Gasteiger partial charge < -0.3 is 5.32 Å². The van der Waals surface area contributed by atoms with Crippen LogP contribution in [0.3, 0.4) is 0 Å². The summed E-state index contributed by atoms with van der Waals surface area (Å²) in [6, 6.07) is 0.657. The molecule has 1 rings (SSSR count). The van der Waals surface area contributed by atoms with Crippen LogP contribution in [0.1, 0.15) is 26.2 Å². The van der Waals surface area contributed by atoms with Gasteiger partial charge in [-0.05, 0) is 31.6 Å². The summed E-state index contributed by atoms with van der Waals surface area (Å²) in [5, 5.41) is 3.48. The van der Waals surface area contributed by atoms with E-state index in [1.54, 1.807) is 0 Å². The Morgan fingerprint density at radius 2 is 2.00 bits per heavy atom. The van der Waals surface area contributed by atoms with Crippen molar-refractivity contribution in [2.45, 2.75) is 32.2 Å². The van der Waals surface area contributed by atoms with Crippen LogP contribution < -0.4 is 5.32 Å². The van der Waals surface area contributed by atoms with E-state index in [0.29, 0.717) is 11.5 Å². The van der Waals surface area contributed by atoms with Crippen LogP contribution in [0.5, 0.6) is 0 Å². The Kier molecular flexibility index (Phi) is 3.10. The van der Waals surface area contributed by atoms with Crippen molar-refractivity contribution in [3.63, 3.8) is 0 Å². The van der Waals surface area contributed by atoms with Crippen molar-refractivity contribution >= 4 is 0 Å². The van der Waals surface area contributed by atoms with E-state index in [1.807, 2.05) is 12.2 Å². The first-order valence-corrected chi connectivity index (χ1v) is 4.68. The third-order valence-corrected chi connectivity index (χ3v) is 2.72. The minimum Gasteiger partial charge on any atom is -0.314 e. The Morgan fingerprint density at radius 1 is 1.42 bits per heavy atom. The van der Waals surface area contributed by atoms with Crippen LogP contribution in [-0.2, 0) is 0 Å². The standard InChI is InChI=1S/C11H19N/c1-4-6-11(7-5-2)8-10(3)12-9-11/h4-5,10,12H,1-2,6-9H2,3H3/t10-/m0/s1. The Labute approximate surface area is 75.6 Å². The molecule has 0 aliphatic carbocycles. The summed E-state index contributed by atoms with van der Waals surface area (Å²) in [5.41, 5.74) is 0.420. The molecule has 0 radical (unpaired) electrons. The molecule has 0 aromatic heterocycles. The van der Waals surface area contributed by atoms with Gasteiger partial charge in [-0.3, -0.25) is 0 Å². The van der Waals surface area contributed by atoms with E-state index >= 15 is 0 Å². The number of rotatable bonds is 4. The fourth-order valence-corrected chi connectivity index (χ4v) is 2.19. The predicted octanol–water partition coefficient (Wildman–Crippen LogP) is 2.51. The van der Waals surface area contributed by atoms with E-state index in [4.69, 9.17) is 0 Å². The second-order valence-electron chi connectivity index (χ2n) is 3.97. The van der Waals surface area contributed by atoms with Crippen molar-refractivity contribution in [2.75, 3.05) is 6.54 Å². The summed E-state index contributed by atoms with van der Waals surface area (Å²) in [7, 11) is 0. The number of hydrogen-bond acceptors (Lipinski definition) is 1. The molecule has 0 unspecified atom stereocenters. The van der Waals surface area contributed by atoms with Gasteiger partial charge in [-0.2, -0.15) is 0 Å². The molecule has 1 fully saturated rings. The lowest BCUT2D eigenvalue weighted by atomic mass is 9.79. The van der Waals surface area contributed by atoms with Crippen LogP contribution in [0.15, 0.2) is 25.3 Å². The lowest BCUT2D eigenvalue weighted by molar-refractivity contribution is 0.326. The van der Waals surface area contributed by atoms with Crippen LogP contribution in [0, 0.1) is 5.41 Å². The largest absolute Gasteiger partial charge is 0.314 e. The summed E-state index contributed by atoms with van der Waals surface area (Å²) >= 11 is 0. The van der Waals surface area contributed by atoms with Gasteiger partial charge in [0.1, 0.15) is 0 Å². The molecule has 0 spiro atoms. The second kappa shape index (κ2) is 3.90. The Hall–Kier alpha value is -0.560. The van der Waals surface area contributed by atoms with Crippen molar-refractivity contribution in [1.29, 1.82) is 0 Å². The van der Waals surface area contributed by atoms with Crippen LogP contribution in [0.4, 0.5) is 0 Å². The molecular weight excluding hydrogens is 146 g/mol. The molecule has 1 atom stereocenters. The average molecular weight is 165 g/mol. The Bertz CT molecular complexity index is 162. The monoisotopic (exact) mass is 165 g/mol. The SMILES string of the molecule is C=CCC1(CC=C)CN[C@@H](C)C1. The zero-order valence-electron chi connectivity index (χ0n) is 7.97. The minimum absolute atomic E-state index is 0.420.